The van der Waals surface area contributed by atoms with Gasteiger partial charge in [-0.15, -0.1) is 0 Å². The molecular weight excluding hydrogens is 196 g/mol. The van der Waals surface area contributed by atoms with Crippen molar-refractivity contribution in [2.75, 3.05) is 26.7 Å². The predicted octanol–water partition coefficient (Wildman–Crippen LogP) is -0.225. The molecule has 5 nitrogen and oxygen atoms in total. The summed E-state index contributed by atoms with van der Waals surface area (Å²) < 4.78 is 0. The molecule has 5 heteroatoms. The number of aliphatic carboxylic acids is 1. The van der Waals surface area contributed by atoms with Crippen LogP contribution in [0.5, 0.6) is 0 Å². The zero-order chi connectivity index (χ0) is 11.4. The largest absolute Gasteiger partial charge is 0.481 e. The Bertz CT molecular complexity index is 249. The third kappa shape index (κ3) is 3.20. The van der Waals surface area contributed by atoms with Gasteiger partial charge in [0.25, 0.3) is 0 Å². The van der Waals surface area contributed by atoms with Gasteiger partial charge >= 0.3 is 5.97 Å². The molecule has 0 saturated carbocycles. The highest BCUT2D eigenvalue weighted by atomic mass is 16.4. The number of hydrogen-bond acceptors (Lipinski definition) is 3. The SMILES string of the molecule is CC(CN(C)C(=O)C1CCNC1)C(=O)O. The Morgan fingerprint density at radius 2 is 2.27 bits per heavy atom. The number of nitrogens with zero attached hydrogens (tertiary/aromatic N) is 1. The fraction of sp³-hybridized carbons (Fsp3) is 0.800. The first-order valence-electron chi connectivity index (χ1n) is 5.21. The van der Waals surface area contributed by atoms with Crippen LogP contribution < -0.4 is 5.32 Å². The van der Waals surface area contributed by atoms with E-state index in [1.165, 1.54) is 4.90 Å². The van der Waals surface area contributed by atoms with Crippen molar-refractivity contribution in [3.05, 3.63) is 0 Å². The molecule has 0 spiro atoms. The minimum absolute atomic E-state index is 0.0241. The van der Waals surface area contributed by atoms with Crippen LogP contribution in [0.4, 0.5) is 0 Å². The van der Waals surface area contributed by atoms with Crippen LogP contribution in [0, 0.1) is 11.8 Å². The van der Waals surface area contributed by atoms with E-state index in [1.54, 1.807) is 14.0 Å². The molecule has 0 aromatic carbocycles. The normalized spacial score (nSPS) is 22.4. The lowest BCUT2D eigenvalue weighted by Gasteiger charge is -2.22. The molecule has 15 heavy (non-hydrogen) atoms. The molecule has 0 aromatic heterocycles. The number of rotatable bonds is 4. The second-order valence-electron chi connectivity index (χ2n) is 4.15. The summed E-state index contributed by atoms with van der Waals surface area (Å²) in [5.41, 5.74) is 0. The van der Waals surface area contributed by atoms with E-state index in [2.05, 4.69) is 5.32 Å². The number of carboxylic acid groups (broad SMARTS) is 1. The number of nitrogens with one attached hydrogen (secondary N) is 1. The number of carbonyl (C=O) groups is 2. The Morgan fingerprint density at radius 3 is 2.73 bits per heavy atom. The fourth-order valence-electron chi connectivity index (χ4n) is 1.76. The monoisotopic (exact) mass is 214 g/mol. The predicted molar refractivity (Wildman–Crippen MR) is 55.4 cm³/mol. The molecule has 2 unspecified atom stereocenters. The van der Waals surface area contributed by atoms with Crippen molar-refractivity contribution in [3.8, 4) is 0 Å². The molecular formula is C10H18N2O3. The lowest BCUT2D eigenvalue weighted by molar-refractivity contribution is -0.143. The van der Waals surface area contributed by atoms with Gasteiger partial charge in [0, 0.05) is 20.1 Å². The van der Waals surface area contributed by atoms with Crippen molar-refractivity contribution in [2.45, 2.75) is 13.3 Å². The lowest BCUT2D eigenvalue weighted by Crippen LogP contribution is -2.38. The van der Waals surface area contributed by atoms with Gasteiger partial charge in [-0.2, -0.15) is 0 Å². The van der Waals surface area contributed by atoms with Crippen molar-refractivity contribution in [3.63, 3.8) is 0 Å². The van der Waals surface area contributed by atoms with Crippen LogP contribution >= 0.6 is 0 Å². The maximum atomic E-state index is 11.8. The molecule has 0 bridgehead atoms. The van der Waals surface area contributed by atoms with E-state index in [0.29, 0.717) is 6.54 Å². The molecule has 0 aromatic rings. The Morgan fingerprint density at radius 1 is 1.60 bits per heavy atom. The molecule has 86 valence electrons. The summed E-state index contributed by atoms with van der Waals surface area (Å²) in [6, 6.07) is 0. The van der Waals surface area contributed by atoms with Gasteiger partial charge in [0.1, 0.15) is 0 Å². The summed E-state index contributed by atoms with van der Waals surface area (Å²) in [5, 5.41) is 11.8. The van der Waals surface area contributed by atoms with Crippen LogP contribution in [0.25, 0.3) is 0 Å². The number of amides is 1. The second kappa shape index (κ2) is 5.11. The third-order valence-electron chi connectivity index (χ3n) is 2.76. The first-order chi connectivity index (χ1) is 7.02. The van der Waals surface area contributed by atoms with Crippen LogP contribution in [-0.4, -0.2) is 48.6 Å². The maximum Gasteiger partial charge on any atom is 0.308 e. The van der Waals surface area contributed by atoms with Crippen LogP contribution in [0.2, 0.25) is 0 Å². The highest BCUT2D eigenvalue weighted by molar-refractivity contribution is 5.80. The summed E-state index contributed by atoms with van der Waals surface area (Å²) in [6.07, 6.45) is 0.852. The molecule has 1 heterocycles. The molecule has 1 rings (SSSR count). The molecule has 1 aliphatic heterocycles. The van der Waals surface area contributed by atoms with Crippen molar-refractivity contribution in [1.82, 2.24) is 10.2 Å². The molecule has 2 atom stereocenters. The molecule has 1 amide bonds. The summed E-state index contributed by atoms with van der Waals surface area (Å²) in [5.74, 6) is -1.29. The van der Waals surface area contributed by atoms with Crippen molar-refractivity contribution in [2.24, 2.45) is 11.8 Å². The van der Waals surface area contributed by atoms with Gasteiger partial charge in [0.2, 0.25) is 5.91 Å². The number of carboxylic acids is 1. The third-order valence-corrected chi connectivity index (χ3v) is 2.76. The zero-order valence-electron chi connectivity index (χ0n) is 9.19. The summed E-state index contributed by atoms with van der Waals surface area (Å²) >= 11 is 0. The summed E-state index contributed by atoms with van der Waals surface area (Å²) in [6.45, 7) is 3.48. The fourth-order valence-corrected chi connectivity index (χ4v) is 1.76. The van der Waals surface area contributed by atoms with Crippen LogP contribution in [-0.2, 0) is 9.59 Å². The van der Waals surface area contributed by atoms with Gasteiger partial charge < -0.3 is 15.3 Å². The van der Waals surface area contributed by atoms with E-state index in [9.17, 15) is 9.59 Å². The summed E-state index contributed by atoms with van der Waals surface area (Å²) in [4.78, 5) is 23.9. The van der Waals surface area contributed by atoms with Gasteiger partial charge in [-0.3, -0.25) is 9.59 Å². The lowest BCUT2D eigenvalue weighted by atomic mass is 10.1. The zero-order valence-corrected chi connectivity index (χ0v) is 9.19. The topological polar surface area (TPSA) is 69.6 Å². The Kier molecular flexibility index (Phi) is 4.08. The molecule has 1 saturated heterocycles. The highest BCUT2D eigenvalue weighted by Gasteiger charge is 2.26. The van der Waals surface area contributed by atoms with Crippen LogP contribution in [0.1, 0.15) is 13.3 Å². The Hall–Kier alpha value is -1.10. The quantitative estimate of drug-likeness (QED) is 0.678. The smallest absolute Gasteiger partial charge is 0.308 e. The van der Waals surface area contributed by atoms with Crippen molar-refractivity contribution < 1.29 is 14.7 Å². The van der Waals surface area contributed by atoms with Crippen molar-refractivity contribution in [1.29, 1.82) is 0 Å². The van der Waals surface area contributed by atoms with Crippen LogP contribution in [0.3, 0.4) is 0 Å². The second-order valence-corrected chi connectivity index (χ2v) is 4.15. The van der Waals surface area contributed by atoms with Crippen molar-refractivity contribution >= 4 is 11.9 Å². The minimum Gasteiger partial charge on any atom is -0.481 e. The average Bonchev–Trinajstić information content (AvgIpc) is 2.68. The molecule has 0 radical (unpaired) electrons. The van der Waals surface area contributed by atoms with Gasteiger partial charge in [0.05, 0.1) is 11.8 Å². The van der Waals surface area contributed by atoms with E-state index < -0.39 is 11.9 Å². The van der Waals surface area contributed by atoms with E-state index >= 15 is 0 Å². The number of hydrogen-bond donors (Lipinski definition) is 2. The van der Waals surface area contributed by atoms with E-state index in [-0.39, 0.29) is 18.4 Å². The molecule has 0 aliphatic carbocycles. The standard InChI is InChI=1S/C10H18N2O3/c1-7(10(14)15)6-12(2)9(13)8-3-4-11-5-8/h7-8,11H,3-6H2,1-2H3,(H,14,15). The summed E-state index contributed by atoms with van der Waals surface area (Å²) in [7, 11) is 1.67. The molecule has 1 aliphatic rings. The van der Waals surface area contributed by atoms with Gasteiger partial charge in [0.15, 0.2) is 0 Å². The first-order valence-corrected chi connectivity index (χ1v) is 5.21. The first kappa shape index (κ1) is 12.0. The average molecular weight is 214 g/mol. The molecule has 2 N–H and O–H groups in total. The minimum atomic E-state index is -0.862. The van der Waals surface area contributed by atoms with E-state index in [4.69, 9.17) is 5.11 Å². The van der Waals surface area contributed by atoms with Gasteiger partial charge in [-0.1, -0.05) is 6.92 Å². The van der Waals surface area contributed by atoms with Gasteiger partial charge in [-0.05, 0) is 13.0 Å². The van der Waals surface area contributed by atoms with Gasteiger partial charge in [-0.25, -0.2) is 0 Å². The number of carbonyl (C=O) groups excluding carboxylic acids is 1. The van der Waals surface area contributed by atoms with E-state index in [1.807, 2.05) is 0 Å². The highest BCUT2D eigenvalue weighted by Crippen LogP contribution is 2.11. The van der Waals surface area contributed by atoms with Crippen LogP contribution in [0.15, 0.2) is 0 Å². The van der Waals surface area contributed by atoms with E-state index in [0.717, 1.165) is 13.0 Å². The maximum absolute atomic E-state index is 11.8. The Balaban J connectivity index is 2.41. The Labute approximate surface area is 89.4 Å². The molecule has 1 fully saturated rings.